The van der Waals surface area contributed by atoms with Crippen LogP contribution in [-0.4, -0.2) is 55.1 Å². The number of fused-ring (bicyclic) bond motifs is 1. The molecule has 1 fully saturated rings. The number of carbonyl (C=O) groups excluding carboxylic acids is 2. The summed E-state index contributed by atoms with van der Waals surface area (Å²) in [4.78, 5) is 31.0. The van der Waals surface area contributed by atoms with E-state index in [0.717, 1.165) is 27.3 Å². The highest BCUT2D eigenvalue weighted by Crippen LogP contribution is 2.43. The molecular formula is C34H36N4O5S. The number of hydrogen-bond acceptors (Lipinski definition) is 6. The zero-order valence-electron chi connectivity index (χ0n) is 24.9. The van der Waals surface area contributed by atoms with Crippen LogP contribution < -0.4 is 9.57 Å². The van der Waals surface area contributed by atoms with E-state index in [2.05, 4.69) is 10.9 Å². The minimum absolute atomic E-state index is 0.0370. The van der Waals surface area contributed by atoms with Crippen molar-refractivity contribution in [2.75, 3.05) is 20.2 Å². The molecule has 0 saturated carbocycles. The maximum atomic E-state index is 14.5. The smallest absolute Gasteiger partial charge is 0.239 e. The lowest BCUT2D eigenvalue weighted by Gasteiger charge is -2.39. The fourth-order valence-electron chi connectivity index (χ4n) is 6.12. The Labute approximate surface area is 258 Å². The number of nitrogens with one attached hydrogen (secondary N) is 1. The van der Waals surface area contributed by atoms with Gasteiger partial charge >= 0.3 is 0 Å². The maximum absolute atomic E-state index is 14.5. The molecule has 2 atom stereocenters. The molecule has 1 aliphatic carbocycles. The molecule has 3 aromatic rings. The minimum atomic E-state index is -4.33. The SMILES string of the molecule is COc1ccc2c(c1)CC([C@H]1CCN(Cc3cccc(C#N)c3)C1=O)(S(=O)(=O)NN(CCCc1ccccc1)C(C)=O)C=C2. The molecule has 0 radical (unpaired) electrons. The van der Waals surface area contributed by atoms with E-state index in [1.54, 1.807) is 48.4 Å². The van der Waals surface area contributed by atoms with Gasteiger partial charge in [-0.2, -0.15) is 5.26 Å². The standard InChI is InChI=1S/C34H36N4O5S/c1-25(39)38(18-7-12-26-8-4-3-5-9-26)36-44(41,42)34(17-15-29-13-14-31(43-2)21-30(29)22-34)32-16-19-37(33(32)40)24-28-11-6-10-27(20-28)23-35/h3-6,8-11,13-15,17,20-21,32,36H,7,12,16,18-19,22,24H2,1-2H3/t32-,34?/m0/s1. The quantitative estimate of drug-likeness (QED) is 0.324. The lowest BCUT2D eigenvalue weighted by molar-refractivity contribution is -0.132. The van der Waals surface area contributed by atoms with Gasteiger partial charge in [-0.25, -0.2) is 8.42 Å². The molecule has 1 N–H and O–H groups in total. The van der Waals surface area contributed by atoms with E-state index >= 15 is 0 Å². The number of rotatable bonds is 11. The highest BCUT2D eigenvalue weighted by atomic mass is 32.2. The fraction of sp³-hybridized carbons (Fsp3) is 0.324. The van der Waals surface area contributed by atoms with Crippen LogP contribution in [0.2, 0.25) is 0 Å². The topological polar surface area (TPSA) is 120 Å². The number of amides is 2. The van der Waals surface area contributed by atoms with Gasteiger partial charge in [0.05, 0.1) is 24.7 Å². The van der Waals surface area contributed by atoms with Crippen molar-refractivity contribution in [1.29, 1.82) is 5.26 Å². The van der Waals surface area contributed by atoms with Gasteiger partial charge in [0.25, 0.3) is 0 Å². The monoisotopic (exact) mass is 612 g/mol. The summed E-state index contributed by atoms with van der Waals surface area (Å²) in [5.74, 6) is -1.03. The molecule has 5 rings (SSSR count). The lowest BCUT2D eigenvalue weighted by atomic mass is 9.79. The van der Waals surface area contributed by atoms with Crippen molar-refractivity contribution in [1.82, 2.24) is 14.7 Å². The molecule has 0 spiro atoms. The second kappa shape index (κ2) is 13.0. The minimum Gasteiger partial charge on any atom is -0.497 e. The predicted molar refractivity (Wildman–Crippen MR) is 167 cm³/mol. The maximum Gasteiger partial charge on any atom is 0.239 e. The second-order valence-corrected chi connectivity index (χ2v) is 13.2. The highest BCUT2D eigenvalue weighted by Gasteiger charge is 2.56. The van der Waals surface area contributed by atoms with Gasteiger partial charge in [0.15, 0.2) is 0 Å². The molecule has 1 aliphatic heterocycles. The molecule has 9 nitrogen and oxygen atoms in total. The Kier molecular flexibility index (Phi) is 9.18. The third-order valence-corrected chi connectivity index (χ3v) is 10.5. The van der Waals surface area contributed by atoms with Crippen LogP contribution in [0.5, 0.6) is 5.75 Å². The van der Waals surface area contributed by atoms with E-state index in [1.165, 1.54) is 6.92 Å². The Morgan fingerprint density at radius 1 is 1.11 bits per heavy atom. The molecule has 0 aromatic heterocycles. The summed E-state index contributed by atoms with van der Waals surface area (Å²) >= 11 is 0. The summed E-state index contributed by atoms with van der Waals surface area (Å²) < 4.78 is 32.8. The van der Waals surface area contributed by atoms with E-state index in [1.807, 2.05) is 48.5 Å². The summed E-state index contributed by atoms with van der Waals surface area (Å²) in [7, 11) is -2.79. The van der Waals surface area contributed by atoms with E-state index in [0.29, 0.717) is 37.1 Å². The van der Waals surface area contributed by atoms with Crippen molar-refractivity contribution < 1.29 is 22.7 Å². The van der Waals surface area contributed by atoms with Crippen LogP contribution in [0.3, 0.4) is 0 Å². The Morgan fingerprint density at radius 3 is 2.61 bits per heavy atom. The van der Waals surface area contributed by atoms with Gasteiger partial charge in [-0.05, 0) is 72.2 Å². The van der Waals surface area contributed by atoms with Gasteiger partial charge in [-0.3, -0.25) is 14.6 Å². The van der Waals surface area contributed by atoms with Crippen molar-refractivity contribution >= 4 is 27.9 Å². The number of ether oxygens (including phenoxy) is 1. The van der Waals surface area contributed by atoms with E-state index in [-0.39, 0.29) is 25.4 Å². The Morgan fingerprint density at radius 2 is 1.89 bits per heavy atom. The molecule has 10 heteroatoms. The normalized spacial score (nSPS) is 19.3. The number of aryl methyl sites for hydroxylation is 1. The van der Waals surface area contributed by atoms with Crippen LogP contribution >= 0.6 is 0 Å². The van der Waals surface area contributed by atoms with Crippen LogP contribution in [0.1, 0.15) is 47.6 Å². The number of nitriles is 1. The van der Waals surface area contributed by atoms with Crippen molar-refractivity contribution in [3.05, 3.63) is 107 Å². The average Bonchev–Trinajstić information content (AvgIpc) is 3.39. The number of nitrogens with zero attached hydrogens (tertiary/aromatic N) is 3. The van der Waals surface area contributed by atoms with E-state index in [4.69, 9.17) is 4.74 Å². The van der Waals surface area contributed by atoms with Crippen LogP contribution in [0.25, 0.3) is 6.08 Å². The van der Waals surface area contributed by atoms with Crippen molar-refractivity contribution in [3.8, 4) is 11.8 Å². The van der Waals surface area contributed by atoms with Gasteiger partial charge < -0.3 is 9.64 Å². The molecule has 3 aromatic carbocycles. The first-order valence-corrected chi connectivity index (χ1v) is 16.1. The van der Waals surface area contributed by atoms with Crippen LogP contribution in [0.4, 0.5) is 0 Å². The first-order chi connectivity index (χ1) is 21.2. The predicted octanol–water partition coefficient (Wildman–Crippen LogP) is 4.24. The Hall–Kier alpha value is -4.46. The van der Waals surface area contributed by atoms with Gasteiger partial charge in [-0.1, -0.05) is 60.7 Å². The van der Waals surface area contributed by atoms with Crippen molar-refractivity contribution in [3.63, 3.8) is 0 Å². The van der Waals surface area contributed by atoms with E-state index < -0.39 is 26.6 Å². The first-order valence-electron chi connectivity index (χ1n) is 14.6. The summed E-state index contributed by atoms with van der Waals surface area (Å²) in [6.07, 6.45) is 4.94. The van der Waals surface area contributed by atoms with Crippen molar-refractivity contribution in [2.24, 2.45) is 5.92 Å². The fourth-order valence-corrected chi connectivity index (χ4v) is 7.98. The largest absolute Gasteiger partial charge is 0.497 e. The lowest BCUT2D eigenvalue weighted by Crippen LogP contribution is -2.59. The van der Waals surface area contributed by atoms with E-state index in [9.17, 15) is 23.3 Å². The number of methoxy groups -OCH3 is 1. The third-order valence-electron chi connectivity index (χ3n) is 8.48. The number of benzene rings is 3. The summed E-state index contributed by atoms with van der Waals surface area (Å²) in [5.41, 5.74) is 3.96. The van der Waals surface area contributed by atoms with Gasteiger partial charge in [0.2, 0.25) is 21.8 Å². The molecule has 1 heterocycles. The zero-order chi connectivity index (χ0) is 31.3. The molecule has 1 saturated heterocycles. The third kappa shape index (κ3) is 6.39. The summed E-state index contributed by atoms with van der Waals surface area (Å²) in [6, 6.07) is 24.4. The van der Waals surface area contributed by atoms with Gasteiger partial charge in [-0.15, -0.1) is 4.83 Å². The van der Waals surface area contributed by atoms with Crippen LogP contribution in [0, 0.1) is 17.2 Å². The molecule has 1 unspecified atom stereocenters. The van der Waals surface area contributed by atoms with Crippen LogP contribution in [0.15, 0.2) is 78.9 Å². The van der Waals surface area contributed by atoms with Gasteiger partial charge in [0.1, 0.15) is 10.5 Å². The van der Waals surface area contributed by atoms with Crippen LogP contribution in [-0.2, 0) is 39.0 Å². The molecule has 0 bridgehead atoms. The zero-order valence-corrected chi connectivity index (χ0v) is 25.7. The number of sulfonamides is 1. The summed E-state index contributed by atoms with van der Waals surface area (Å²) in [6.45, 7) is 2.13. The Bertz CT molecular complexity index is 1720. The average molecular weight is 613 g/mol. The van der Waals surface area contributed by atoms with Gasteiger partial charge in [0, 0.05) is 26.6 Å². The molecule has 2 aliphatic rings. The summed E-state index contributed by atoms with van der Waals surface area (Å²) in [5, 5.41) is 10.4. The Balaban J connectivity index is 1.45. The number of hydrogen-bond donors (Lipinski definition) is 1. The first kappa shape index (κ1) is 31.0. The highest BCUT2D eigenvalue weighted by molar-refractivity contribution is 7.91. The molecule has 44 heavy (non-hydrogen) atoms. The number of hydrazine groups is 1. The number of carbonyl (C=O) groups is 2. The van der Waals surface area contributed by atoms with Crippen molar-refractivity contribution in [2.45, 2.75) is 43.9 Å². The number of likely N-dealkylation sites (tertiary alicyclic amines) is 1. The molecule has 2 amide bonds. The molecule has 228 valence electrons. The second-order valence-electron chi connectivity index (χ2n) is 11.3. The molecular weight excluding hydrogens is 576 g/mol.